The lowest BCUT2D eigenvalue weighted by molar-refractivity contribution is -0.0320. The molecule has 4 rings (SSSR count). The molecule has 1 spiro atoms. The Hall–Kier alpha value is -2.03. The summed E-state index contributed by atoms with van der Waals surface area (Å²) in [6, 6.07) is 8.62. The number of hydrogen-bond donors (Lipinski definition) is 0. The molecule has 0 radical (unpaired) electrons. The van der Waals surface area contributed by atoms with Crippen LogP contribution in [0.3, 0.4) is 0 Å². The smallest absolute Gasteiger partial charge is 0.243 e. The van der Waals surface area contributed by atoms with E-state index < -0.39 is 15.8 Å². The number of hydrogen-bond acceptors (Lipinski definition) is 5. The van der Waals surface area contributed by atoms with E-state index in [1.165, 1.54) is 28.6 Å². The van der Waals surface area contributed by atoms with Gasteiger partial charge in [0.1, 0.15) is 17.7 Å². The van der Waals surface area contributed by atoms with Crippen LogP contribution in [-0.2, 0) is 14.8 Å². The molecule has 0 saturated carbocycles. The van der Waals surface area contributed by atoms with Gasteiger partial charge in [0.05, 0.1) is 23.3 Å². The zero-order chi connectivity index (χ0) is 18.9. The molecule has 0 aliphatic carbocycles. The quantitative estimate of drug-likeness (QED) is 0.800. The first-order valence-corrected chi connectivity index (χ1v) is 10.4. The van der Waals surface area contributed by atoms with Gasteiger partial charge in [-0.1, -0.05) is 0 Å². The number of ether oxygens (including phenoxy) is 2. The fourth-order valence-corrected chi connectivity index (χ4v) is 5.17. The molecule has 0 unspecified atom stereocenters. The number of aromatic nitrogens is 1. The summed E-state index contributed by atoms with van der Waals surface area (Å²) in [5, 5.41) is 0. The van der Waals surface area contributed by atoms with Crippen molar-refractivity contribution in [2.24, 2.45) is 0 Å². The predicted molar refractivity (Wildman–Crippen MR) is 96.3 cm³/mol. The third-order valence-electron chi connectivity index (χ3n) is 5.20. The molecule has 2 fully saturated rings. The van der Waals surface area contributed by atoms with Gasteiger partial charge in [0.25, 0.3) is 0 Å². The molecular weight excluding hydrogens is 371 g/mol. The van der Waals surface area contributed by atoms with Crippen LogP contribution in [0.15, 0.2) is 53.7 Å². The SMILES string of the molecule is O=S(=O)(c1ccc(F)cc1)N1CCC2(CC1)C[C@H](Oc1cccnc1)CO2. The van der Waals surface area contributed by atoms with Crippen LogP contribution in [-0.4, -0.2) is 49.1 Å². The second-order valence-corrected chi connectivity index (χ2v) is 8.92. The van der Waals surface area contributed by atoms with Gasteiger partial charge in [-0.2, -0.15) is 4.31 Å². The Morgan fingerprint density at radius 2 is 1.93 bits per heavy atom. The van der Waals surface area contributed by atoms with Crippen LogP contribution in [0, 0.1) is 5.82 Å². The highest BCUT2D eigenvalue weighted by atomic mass is 32.2. The van der Waals surface area contributed by atoms with Crippen LogP contribution >= 0.6 is 0 Å². The van der Waals surface area contributed by atoms with Crippen molar-refractivity contribution in [3.8, 4) is 5.75 Å². The molecule has 2 aliphatic rings. The molecular formula is C19H21FN2O4S. The number of sulfonamides is 1. The number of halogens is 1. The van der Waals surface area contributed by atoms with E-state index in [1.54, 1.807) is 12.4 Å². The molecule has 2 aromatic rings. The van der Waals surface area contributed by atoms with Crippen LogP contribution in [0.1, 0.15) is 19.3 Å². The highest BCUT2D eigenvalue weighted by Crippen LogP contribution is 2.38. The molecule has 3 heterocycles. The van der Waals surface area contributed by atoms with E-state index in [-0.39, 0.29) is 16.6 Å². The Bertz CT molecular complexity index is 882. The summed E-state index contributed by atoms with van der Waals surface area (Å²) >= 11 is 0. The van der Waals surface area contributed by atoms with Gasteiger partial charge in [-0.25, -0.2) is 12.8 Å². The molecule has 2 aliphatic heterocycles. The average Bonchev–Trinajstić information content (AvgIpc) is 3.05. The maximum atomic E-state index is 13.1. The highest BCUT2D eigenvalue weighted by Gasteiger charge is 2.45. The molecule has 2 saturated heterocycles. The Morgan fingerprint density at radius 3 is 2.59 bits per heavy atom. The van der Waals surface area contributed by atoms with Gasteiger partial charge >= 0.3 is 0 Å². The van der Waals surface area contributed by atoms with Gasteiger partial charge in [0, 0.05) is 25.7 Å². The fraction of sp³-hybridized carbons (Fsp3) is 0.421. The summed E-state index contributed by atoms with van der Waals surface area (Å²) in [4.78, 5) is 4.16. The van der Waals surface area contributed by atoms with Crippen molar-refractivity contribution in [2.45, 2.75) is 35.9 Å². The first kappa shape index (κ1) is 18.3. The molecule has 1 aromatic heterocycles. The van der Waals surface area contributed by atoms with Crippen molar-refractivity contribution >= 4 is 10.0 Å². The second kappa shape index (κ2) is 7.18. The maximum Gasteiger partial charge on any atom is 0.243 e. The van der Waals surface area contributed by atoms with Crippen LogP contribution in [0.25, 0.3) is 0 Å². The lowest BCUT2D eigenvalue weighted by atomic mass is 9.89. The first-order valence-electron chi connectivity index (χ1n) is 8.93. The van der Waals surface area contributed by atoms with E-state index in [2.05, 4.69) is 4.98 Å². The van der Waals surface area contributed by atoms with Crippen LogP contribution < -0.4 is 4.74 Å². The number of piperidine rings is 1. The zero-order valence-corrected chi connectivity index (χ0v) is 15.6. The predicted octanol–water partition coefficient (Wildman–Crippen LogP) is 2.61. The van der Waals surface area contributed by atoms with Crippen LogP contribution in [0.2, 0.25) is 0 Å². The third kappa shape index (κ3) is 3.83. The molecule has 144 valence electrons. The van der Waals surface area contributed by atoms with Gasteiger partial charge in [0.15, 0.2) is 0 Å². The molecule has 1 aromatic carbocycles. The van der Waals surface area contributed by atoms with Crippen molar-refractivity contribution in [3.05, 3.63) is 54.6 Å². The summed E-state index contributed by atoms with van der Waals surface area (Å²) in [6.45, 7) is 1.23. The van der Waals surface area contributed by atoms with E-state index in [4.69, 9.17) is 9.47 Å². The zero-order valence-electron chi connectivity index (χ0n) is 14.8. The van der Waals surface area contributed by atoms with Crippen molar-refractivity contribution in [1.29, 1.82) is 0 Å². The third-order valence-corrected chi connectivity index (χ3v) is 7.11. The summed E-state index contributed by atoms with van der Waals surface area (Å²) in [5.41, 5.74) is -0.346. The fourth-order valence-electron chi connectivity index (χ4n) is 3.73. The normalized spacial score (nSPS) is 22.8. The van der Waals surface area contributed by atoms with E-state index in [9.17, 15) is 12.8 Å². The van der Waals surface area contributed by atoms with Gasteiger partial charge in [0.2, 0.25) is 10.0 Å². The Balaban J connectivity index is 1.38. The van der Waals surface area contributed by atoms with Crippen molar-refractivity contribution in [3.63, 3.8) is 0 Å². The molecule has 6 nitrogen and oxygen atoms in total. The van der Waals surface area contributed by atoms with E-state index in [1.807, 2.05) is 12.1 Å². The van der Waals surface area contributed by atoms with Gasteiger partial charge in [-0.05, 0) is 49.2 Å². The van der Waals surface area contributed by atoms with Crippen molar-refractivity contribution < 1.29 is 22.3 Å². The summed E-state index contributed by atoms with van der Waals surface area (Å²) in [5.74, 6) is 0.255. The largest absolute Gasteiger partial charge is 0.486 e. The van der Waals surface area contributed by atoms with Crippen LogP contribution in [0.5, 0.6) is 5.75 Å². The van der Waals surface area contributed by atoms with E-state index in [0.717, 1.165) is 6.42 Å². The van der Waals surface area contributed by atoms with Crippen LogP contribution in [0.4, 0.5) is 4.39 Å². The Kier molecular flexibility index (Phi) is 4.88. The molecule has 0 N–H and O–H groups in total. The lowest BCUT2D eigenvalue weighted by Crippen LogP contribution is -2.46. The molecule has 0 bridgehead atoms. The van der Waals surface area contributed by atoms with E-state index >= 15 is 0 Å². The molecule has 1 atom stereocenters. The monoisotopic (exact) mass is 392 g/mol. The maximum absolute atomic E-state index is 13.1. The minimum absolute atomic E-state index is 0.0607. The lowest BCUT2D eigenvalue weighted by Gasteiger charge is -2.37. The van der Waals surface area contributed by atoms with Gasteiger partial charge in [-0.15, -0.1) is 0 Å². The molecule has 0 amide bonds. The Labute approximate surface area is 158 Å². The number of pyridine rings is 1. The summed E-state index contributed by atoms with van der Waals surface area (Å²) in [7, 11) is -3.62. The van der Waals surface area contributed by atoms with Crippen molar-refractivity contribution in [1.82, 2.24) is 9.29 Å². The number of rotatable bonds is 4. The first-order chi connectivity index (χ1) is 13.0. The Morgan fingerprint density at radius 1 is 1.19 bits per heavy atom. The molecule has 8 heteroatoms. The minimum Gasteiger partial charge on any atom is -0.486 e. The highest BCUT2D eigenvalue weighted by molar-refractivity contribution is 7.89. The topological polar surface area (TPSA) is 68.7 Å². The van der Waals surface area contributed by atoms with Gasteiger partial charge < -0.3 is 9.47 Å². The standard InChI is InChI=1S/C19H21FN2O4S/c20-15-3-5-18(6-4-15)27(23,24)22-10-7-19(8-11-22)12-17(14-25-19)26-16-2-1-9-21-13-16/h1-6,9,13,17H,7-8,10-12,14H2/t17-/m0/s1. The minimum atomic E-state index is -3.62. The van der Waals surface area contributed by atoms with E-state index in [0.29, 0.717) is 38.3 Å². The number of nitrogens with zero attached hydrogens (tertiary/aromatic N) is 2. The average molecular weight is 392 g/mol. The molecule has 27 heavy (non-hydrogen) atoms. The summed E-state index contributed by atoms with van der Waals surface area (Å²) < 4.78 is 51.9. The summed E-state index contributed by atoms with van der Waals surface area (Å²) in [6.07, 6.45) is 5.25. The van der Waals surface area contributed by atoms with Gasteiger partial charge in [-0.3, -0.25) is 4.98 Å². The number of benzene rings is 1. The van der Waals surface area contributed by atoms with Crippen molar-refractivity contribution in [2.75, 3.05) is 19.7 Å². The second-order valence-electron chi connectivity index (χ2n) is 6.98.